The number of nitrogens with two attached hydrogens (primary N) is 1. The number of hydrogen-bond donors (Lipinski definition) is 2. The predicted molar refractivity (Wildman–Crippen MR) is 88.6 cm³/mol. The quantitative estimate of drug-likeness (QED) is 0.729. The van der Waals surface area contributed by atoms with E-state index >= 15 is 0 Å². The molecule has 1 aromatic rings. The van der Waals surface area contributed by atoms with Gasteiger partial charge in [-0.25, -0.2) is 8.42 Å². The van der Waals surface area contributed by atoms with Crippen molar-refractivity contribution >= 4 is 15.9 Å². The molecule has 0 unspecified atom stereocenters. The zero-order chi connectivity index (χ0) is 17.7. The lowest BCUT2D eigenvalue weighted by molar-refractivity contribution is 0.0730. The first-order valence-electron chi connectivity index (χ1n) is 7.67. The van der Waals surface area contributed by atoms with Crippen molar-refractivity contribution in [3.05, 3.63) is 23.8 Å². The Kier molecular flexibility index (Phi) is 6.16. The lowest BCUT2D eigenvalue weighted by Gasteiger charge is -2.26. The molecule has 1 saturated heterocycles. The molecular weight excluding hydrogens is 334 g/mol. The van der Waals surface area contributed by atoms with Crippen LogP contribution >= 0.6 is 0 Å². The van der Waals surface area contributed by atoms with E-state index in [0.717, 1.165) is 0 Å². The molecule has 0 bridgehead atoms. The van der Waals surface area contributed by atoms with Crippen LogP contribution in [0.15, 0.2) is 23.1 Å². The van der Waals surface area contributed by atoms with Crippen LogP contribution in [0.1, 0.15) is 17.3 Å². The summed E-state index contributed by atoms with van der Waals surface area (Å²) in [6.45, 7) is 3.34. The van der Waals surface area contributed by atoms with Gasteiger partial charge < -0.3 is 20.5 Å². The summed E-state index contributed by atoms with van der Waals surface area (Å²) in [5, 5.41) is 2.71. The van der Waals surface area contributed by atoms with E-state index in [0.29, 0.717) is 32.1 Å². The van der Waals surface area contributed by atoms with Gasteiger partial charge in [0.15, 0.2) is 0 Å². The smallest absolute Gasteiger partial charge is 0.255 e. The monoisotopic (exact) mass is 357 g/mol. The lowest BCUT2D eigenvalue weighted by atomic mass is 10.1. The number of methoxy groups -OCH3 is 1. The highest BCUT2D eigenvalue weighted by molar-refractivity contribution is 7.89. The minimum absolute atomic E-state index is 0.0516. The number of sulfonamides is 1. The van der Waals surface area contributed by atoms with Crippen LogP contribution in [0, 0.1) is 0 Å². The maximum atomic E-state index is 12.7. The standard InChI is InChI=1S/C15H23N3O5S/c1-11(10-16)17-15(19)13-9-12(3-4-14(13)22-2)24(20,21)18-5-7-23-8-6-18/h3-4,9,11H,5-8,10,16H2,1-2H3,(H,17,19)/t11-/m0/s1. The Morgan fingerprint density at radius 2 is 2.08 bits per heavy atom. The first-order valence-corrected chi connectivity index (χ1v) is 9.11. The summed E-state index contributed by atoms with van der Waals surface area (Å²) in [5.74, 6) is -0.124. The molecular formula is C15H23N3O5S. The summed E-state index contributed by atoms with van der Waals surface area (Å²) in [7, 11) is -2.26. The molecule has 2 rings (SSSR count). The minimum atomic E-state index is -3.68. The number of benzene rings is 1. The Balaban J connectivity index is 2.35. The van der Waals surface area contributed by atoms with E-state index in [1.165, 1.54) is 29.6 Å². The normalized spacial score (nSPS) is 17.3. The molecule has 1 amide bonds. The van der Waals surface area contributed by atoms with E-state index in [1.807, 2.05) is 0 Å². The van der Waals surface area contributed by atoms with E-state index in [9.17, 15) is 13.2 Å². The molecule has 0 aliphatic carbocycles. The van der Waals surface area contributed by atoms with Gasteiger partial charge in [-0.2, -0.15) is 4.31 Å². The van der Waals surface area contributed by atoms with Gasteiger partial charge in [-0.05, 0) is 25.1 Å². The summed E-state index contributed by atoms with van der Waals surface area (Å²) in [6, 6.07) is 4.02. The van der Waals surface area contributed by atoms with Crippen LogP contribution in [0.2, 0.25) is 0 Å². The highest BCUT2D eigenvalue weighted by Crippen LogP contribution is 2.25. The Morgan fingerprint density at radius 1 is 1.42 bits per heavy atom. The molecule has 1 aliphatic heterocycles. The molecule has 134 valence electrons. The number of hydrogen-bond acceptors (Lipinski definition) is 6. The molecule has 9 heteroatoms. The largest absolute Gasteiger partial charge is 0.496 e. The molecule has 0 saturated carbocycles. The molecule has 0 radical (unpaired) electrons. The molecule has 0 aromatic heterocycles. The molecule has 1 aromatic carbocycles. The molecule has 1 heterocycles. The number of rotatable bonds is 6. The third kappa shape index (κ3) is 4.04. The zero-order valence-electron chi connectivity index (χ0n) is 13.8. The highest BCUT2D eigenvalue weighted by Gasteiger charge is 2.28. The van der Waals surface area contributed by atoms with Gasteiger partial charge in [0.2, 0.25) is 10.0 Å². The lowest BCUT2D eigenvalue weighted by Crippen LogP contribution is -2.41. The molecule has 24 heavy (non-hydrogen) atoms. The summed E-state index contributed by atoms with van der Waals surface area (Å²) < 4.78 is 37.1. The van der Waals surface area contributed by atoms with Crippen LogP contribution in [0.5, 0.6) is 5.75 Å². The van der Waals surface area contributed by atoms with E-state index in [4.69, 9.17) is 15.2 Å². The van der Waals surface area contributed by atoms with Crippen molar-refractivity contribution in [2.75, 3.05) is 40.0 Å². The average Bonchev–Trinajstić information content (AvgIpc) is 2.61. The summed E-state index contributed by atoms with van der Waals surface area (Å²) in [5.41, 5.74) is 5.66. The topological polar surface area (TPSA) is 111 Å². The first-order chi connectivity index (χ1) is 11.4. The maximum absolute atomic E-state index is 12.7. The van der Waals surface area contributed by atoms with Crippen LogP contribution in [0.3, 0.4) is 0 Å². The second kappa shape index (κ2) is 7.93. The minimum Gasteiger partial charge on any atom is -0.496 e. The summed E-state index contributed by atoms with van der Waals surface area (Å²) in [6.07, 6.45) is 0. The Morgan fingerprint density at radius 3 is 2.67 bits per heavy atom. The fraction of sp³-hybridized carbons (Fsp3) is 0.533. The van der Waals surface area contributed by atoms with Gasteiger partial charge in [-0.1, -0.05) is 0 Å². The number of nitrogens with one attached hydrogen (secondary N) is 1. The van der Waals surface area contributed by atoms with Crippen molar-refractivity contribution in [1.82, 2.24) is 9.62 Å². The number of carbonyl (C=O) groups excluding carboxylic acids is 1. The SMILES string of the molecule is COc1ccc(S(=O)(=O)N2CCOCC2)cc1C(=O)N[C@@H](C)CN. The van der Waals surface area contributed by atoms with Crippen molar-refractivity contribution in [2.24, 2.45) is 5.73 Å². The van der Waals surface area contributed by atoms with Crippen LogP contribution in [0.4, 0.5) is 0 Å². The van der Waals surface area contributed by atoms with Crippen molar-refractivity contribution in [3.8, 4) is 5.75 Å². The fourth-order valence-corrected chi connectivity index (χ4v) is 3.76. The summed E-state index contributed by atoms with van der Waals surface area (Å²) in [4.78, 5) is 12.4. The van der Waals surface area contributed by atoms with Gasteiger partial charge in [-0.15, -0.1) is 0 Å². The van der Waals surface area contributed by atoms with Gasteiger partial charge in [0.25, 0.3) is 5.91 Å². The molecule has 1 aliphatic rings. The maximum Gasteiger partial charge on any atom is 0.255 e. The molecule has 1 fully saturated rings. The van der Waals surface area contributed by atoms with Crippen LogP contribution in [0.25, 0.3) is 0 Å². The Hall–Kier alpha value is -1.68. The molecule has 0 spiro atoms. The Labute approximate surface area is 142 Å². The molecule has 3 N–H and O–H groups in total. The molecule has 1 atom stereocenters. The first kappa shape index (κ1) is 18.7. The van der Waals surface area contributed by atoms with Crippen LogP contribution in [-0.2, 0) is 14.8 Å². The second-order valence-electron chi connectivity index (χ2n) is 5.49. The van der Waals surface area contributed by atoms with E-state index in [2.05, 4.69) is 5.32 Å². The van der Waals surface area contributed by atoms with Crippen molar-refractivity contribution in [2.45, 2.75) is 17.9 Å². The van der Waals surface area contributed by atoms with Gasteiger partial charge in [0.1, 0.15) is 5.75 Å². The molecule has 8 nitrogen and oxygen atoms in total. The highest BCUT2D eigenvalue weighted by atomic mass is 32.2. The second-order valence-corrected chi connectivity index (χ2v) is 7.43. The van der Waals surface area contributed by atoms with Crippen molar-refractivity contribution in [1.29, 1.82) is 0 Å². The van der Waals surface area contributed by atoms with E-state index < -0.39 is 15.9 Å². The van der Waals surface area contributed by atoms with Gasteiger partial charge in [0, 0.05) is 25.7 Å². The van der Waals surface area contributed by atoms with Crippen LogP contribution < -0.4 is 15.8 Å². The van der Waals surface area contributed by atoms with Gasteiger partial charge in [-0.3, -0.25) is 4.79 Å². The van der Waals surface area contributed by atoms with Crippen molar-refractivity contribution in [3.63, 3.8) is 0 Å². The third-order valence-corrected chi connectivity index (χ3v) is 5.65. The zero-order valence-corrected chi connectivity index (χ0v) is 14.6. The van der Waals surface area contributed by atoms with Crippen molar-refractivity contribution < 1.29 is 22.7 Å². The predicted octanol–water partition coefficient (Wildman–Crippen LogP) is -0.207. The number of carbonyl (C=O) groups is 1. The van der Waals surface area contributed by atoms with Crippen LogP contribution in [-0.4, -0.2) is 64.6 Å². The van der Waals surface area contributed by atoms with E-state index in [1.54, 1.807) is 6.92 Å². The summed E-state index contributed by atoms with van der Waals surface area (Å²) >= 11 is 0. The number of morpholine rings is 1. The van der Waals surface area contributed by atoms with E-state index in [-0.39, 0.29) is 23.0 Å². The number of ether oxygens (including phenoxy) is 2. The van der Waals surface area contributed by atoms with Gasteiger partial charge >= 0.3 is 0 Å². The van der Waals surface area contributed by atoms with Gasteiger partial charge in [0.05, 0.1) is 30.8 Å². The number of nitrogens with zero attached hydrogens (tertiary/aromatic N) is 1. The average molecular weight is 357 g/mol. The number of amides is 1. The Bertz CT molecular complexity index is 686. The third-order valence-electron chi connectivity index (χ3n) is 3.75. The fourth-order valence-electron chi connectivity index (χ4n) is 2.32.